The Bertz CT molecular complexity index is 1320. The molecule has 0 saturated carbocycles. The van der Waals surface area contributed by atoms with Gasteiger partial charge in [-0.05, 0) is 33.9 Å². The van der Waals surface area contributed by atoms with E-state index in [0.29, 0.717) is 13.2 Å². The Morgan fingerprint density at radius 2 is 0.930 bits per heavy atom. The molecule has 0 aliphatic carbocycles. The van der Waals surface area contributed by atoms with Crippen molar-refractivity contribution in [2.75, 3.05) is 6.61 Å². The summed E-state index contributed by atoms with van der Waals surface area (Å²) >= 11 is 0. The van der Waals surface area contributed by atoms with Crippen molar-refractivity contribution in [1.82, 2.24) is 0 Å². The fourth-order valence-electron chi connectivity index (χ4n) is 4.93. The number of rotatable bonds is 14. The average Bonchev–Trinajstić information content (AvgIpc) is 3.05. The monoisotopic (exact) mass is 741 g/mol. The zero-order valence-corrected chi connectivity index (χ0v) is 27.4. The molecular weight excluding hydrogens is 702 g/mol. The topological polar surface area (TPSA) is 53.7 Å². The van der Waals surface area contributed by atoms with Gasteiger partial charge in [0.05, 0.1) is 13.2 Å². The Labute approximate surface area is 271 Å². The van der Waals surface area contributed by atoms with Crippen LogP contribution in [0.25, 0.3) is 0 Å². The minimum Gasteiger partial charge on any atom is -0.546 e. The first-order chi connectivity index (χ1) is 20.3. The van der Waals surface area contributed by atoms with Gasteiger partial charge >= 0.3 is 21.1 Å². The molecule has 220 valence electrons. The van der Waals surface area contributed by atoms with E-state index < -0.39 is 17.7 Å². The molecule has 0 unspecified atom stereocenters. The van der Waals surface area contributed by atoms with Crippen molar-refractivity contribution < 1.29 is 35.3 Å². The largest absolute Gasteiger partial charge is 2.00 e. The van der Waals surface area contributed by atoms with Crippen molar-refractivity contribution >= 4 is 0 Å². The molecule has 0 aliphatic rings. The molecule has 43 heavy (non-hydrogen) atoms. The number of nitrogens with two attached hydrogens (primary N) is 1. The van der Waals surface area contributed by atoms with E-state index >= 15 is 0 Å². The van der Waals surface area contributed by atoms with Gasteiger partial charge in [0.1, 0.15) is 5.60 Å². The standard InChI is InChI=1S/C37H36NO3.CH3.W/c38-35(36(40-27-31-18-8-2-9-19-31)29-39-26-30-16-6-1-7-17-30)28-41-37(32-20-10-3-11-21-32,33-22-12-4-13-23-33)34-24-14-5-15-25-34;;/h1-25,29,35-36H,26-28,38H2;1H3;/q2*-1;+2/t35-,36+;;/m0../s1. The minimum absolute atomic E-state index is 0. The van der Waals surface area contributed by atoms with E-state index in [0.717, 1.165) is 27.8 Å². The van der Waals surface area contributed by atoms with E-state index in [1.165, 1.54) is 0 Å². The zero-order chi connectivity index (χ0) is 28.2. The molecule has 0 aliphatic heterocycles. The summed E-state index contributed by atoms with van der Waals surface area (Å²) in [6, 6.07) is 50.5. The second-order valence-corrected chi connectivity index (χ2v) is 9.95. The third-order valence-corrected chi connectivity index (χ3v) is 7.06. The van der Waals surface area contributed by atoms with Crippen LogP contribution in [-0.4, -0.2) is 18.8 Å². The van der Waals surface area contributed by atoms with Gasteiger partial charge in [0.15, 0.2) is 0 Å². The first-order valence-electron chi connectivity index (χ1n) is 14.0. The number of hydrogen-bond donors (Lipinski definition) is 1. The second-order valence-electron chi connectivity index (χ2n) is 9.95. The summed E-state index contributed by atoms with van der Waals surface area (Å²) in [6.07, 6.45) is -0.501. The Morgan fingerprint density at radius 3 is 1.35 bits per heavy atom. The summed E-state index contributed by atoms with van der Waals surface area (Å²) in [7, 11) is 0. The van der Waals surface area contributed by atoms with Crippen LogP contribution in [0.3, 0.4) is 0 Å². The predicted octanol–water partition coefficient (Wildman–Crippen LogP) is 7.73. The number of ether oxygens (including phenoxy) is 3. The second kappa shape index (κ2) is 17.7. The van der Waals surface area contributed by atoms with Gasteiger partial charge in [-0.3, -0.25) is 0 Å². The van der Waals surface area contributed by atoms with E-state index in [2.05, 4.69) is 36.4 Å². The van der Waals surface area contributed by atoms with E-state index in [9.17, 15) is 0 Å². The normalized spacial score (nSPS) is 12.4. The van der Waals surface area contributed by atoms with Gasteiger partial charge in [-0.2, -0.15) is 6.61 Å². The van der Waals surface area contributed by atoms with Crippen molar-refractivity contribution in [1.29, 1.82) is 0 Å². The third kappa shape index (κ3) is 9.06. The van der Waals surface area contributed by atoms with E-state index in [-0.39, 0.29) is 35.1 Å². The number of benzene rings is 5. The molecule has 5 aromatic rings. The molecular formula is C38H39NO3W. The van der Waals surface area contributed by atoms with Crippen LogP contribution < -0.4 is 5.73 Å². The summed E-state index contributed by atoms with van der Waals surface area (Å²) in [5, 5.41) is 0. The van der Waals surface area contributed by atoms with Gasteiger partial charge in [0, 0.05) is 12.6 Å². The average molecular weight is 742 g/mol. The Morgan fingerprint density at radius 1 is 0.558 bits per heavy atom. The maximum atomic E-state index is 6.97. The van der Waals surface area contributed by atoms with Crippen molar-refractivity contribution in [2.24, 2.45) is 5.73 Å². The van der Waals surface area contributed by atoms with Crippen molar-refractivity contribution in [3.8, 4) is 0 Å². The minimum atomic E-state index is -0.865. The SMILES string of the molecule is N[C@@H](COC(c1ccccc1)(c1ccccc1)c1ccccc1)[C@@H]([CH-]OCc1ccccc1)OCc1ccccc1.[CH3-].[W+2]. The molecule has 5 aromatic carbocycles. The molecule has 2 atom stereocenters. The van der Waals surface area contributed by atoms with Crippen LogP contribution in [0.1, 0.15) is 27.8 Å². The summed E-state index contributed by atoms with van der Waals surface area (Å²) < 4.78 is 19.3. The molecule has 5 rings (SSSR count). The van der Waals surface area contributed by atoms with Gasteiger partial charge in [0.2, 0.25) is 0 Å². The molecule has 5 heteroatoms. The maximum Gasteiger partial charge on any atom is 2.00 e. The van der Waals surface area contributed by atoms with Crippen LogP contribution in [0.4, 0.5) is 0 Å². The fourth-order valence-corrected chi connectivity index (χ4v) is 4.93. The van der Waals surface area contributed by atoms with Gasteiger partial charge in [-0.25, -0.2) is 0 Å². The van der Waals surface area contributed by atoms with E-state index in [1.54, 1.807) is 6.61 Å². The molecule has 0 bridgehead atoms. The summed E-state index contributed by atoms with van der Waals surface area (Å²) in [6.45, 7) is 2.77. The fraction of sp³-hybridized carbons (Fsp3) is 0.158. The molecule has 2 N–H and O–H groups in total. The van der Waals surface area contributed by atoms with Gasteiger partial charge < -0.3 is 27.4 Å². The number of hydrogen-bond acceptors (Lipinski definition) is 4. The van der Waals surface area contributed by atoms with Crippen molar-refractivity contribution in [3.63, 3.8) is 0 Å². The van der Waals surface area contributed by atoms with E-state index in [1.807, 2.05) is 115 Å². The van der Waals surface area contributed by atoms with Crippen molar-refractivity contribution in [3.05, 3.63) is 194 Å². The molecule has 0 heterocycles. The maximum absolute atomic E-state index is 6.97. The van der Waals surface area contributed by atoms with Crippen LogP contribution in [0.5, 0.6) is 0 Å². The van der Waals surface area contributed by atoms with Gasteiger partial charge in [-0.15, -0.1) is 0 Å². The first-order valence-corrected chi connectivity index (χ1v) is 14.0. The summed E-state index contributed by atoms with van der Waals surface area (Å²) in [4.78, 5) is 0. The van der Waals surface area contributed by atoms with E-state index in [4.69, 9.17) is 19.9 Å². The molecule has 0 saturated heterocycles. The Kier molecular flexibility index (Phi) is 14.0. The Balaban J connectivity index is 0.00000253. The summed E-state index contributed by atoms with van der Waals surface area (Å²) in [5.41, 5.74) is 11.2. The molecule has 0 aromatic heterocycles. The van der Waals surface area contributed by atoms with Crippen LogP contribution >= 0.6 is 0 Å². The van der Waals surface area contributed by atoms with Gasteiger partial charge in [0.25, 0.3) is 0 Å². The first kappa shape index (κ1) is 34.1. The summed E-state index contributed by atoms with van der Waals surface area (Å²) in [5.74, 6) is 0. The molecule has 0 radical (unpaired) electrons. The van der Waals surface area contributed by atoms with Crippen LogP contribution in [0.15, 0.2) is 152 Å². The van der Waals surface area contributed by atoms with Crippen LogP contribution in [-0.2, 0) is 54.1 Å². The molecule has 4 nitrogen and oxygen atoms in total. The van der Waals surface area contributed by atoms with Crippen LogP contribution in [0.2, 0.25) is 0 Å². The quantitative estimate of drug-likeness (QED) is 0.0936. The Hall–Kier alpha value is -3.37. The zero-order valence-electron chi connectivity index (χ0n) is 24.5. The molecule has 0 fully saturated rings. The molecule has 0 amide bonds. The van der Waals surface area contributed by atoms with Crippen LogP contribution in [0, 0.1) is 14.0 Å². The third-order valence-electron chi connectivity index (χ3n) is 7.06. The van der Waals surface area contributed by atoms with Crippen molar-refractivity contribution in [2.45, 2.75) is 31.0 Å². The molecule has 0 spiro atoms. The predicted molar refractivity (Wildman–Crippen MR) is 170 cm³/mol. The smallest absolute Gasteiger partial charge is 0.546 e. The van der Waals surface area contributed by atoms with Gasteiger partial charge in [-0.1, -0.05) is 152 Å².